The van der Waals surface area contributed by atoms with E-state index in [1.807, 2.05) is 61.5 Å². The van der Waals surface area contributed by atoms with Crippen molar-refractivity contribution in [3.8, 4) is 0 Å². The maximum atomic E-state index is 13.2. The van der Waals surface area contributed by atoms with Crippen LogP contribution in [0.4, 0.5) is 5.69 Å². The van der Waals surface area contributed by atoms with Crippen LogP contribution < -0.4 is 10.6 Å². The van der Waals surface area contributed by atoms with Crippen molar-refractivity contribution in [2.45, 2.75) is 37.1 Å². The number of fused-ring (bicyclic) bond motifs is 4. The average Bonchev–Trinajstić information content (AvgIpc) is 3.07. The number of hydrogen-bond donors (Lipinski definition) is 2. The Hall–Kier alpha value is -2.70. The van der Waals surface area contributed by atoms with E-state index in [-0.39, 0.29) is 18.0 Å². The van der Waals surface area contributed by atoms with Gasteiger partial charge in [0, 0.05) is 11.3 Å². The predicted octanol–water partition coefficient (Wildman–Crippen LogP) is 2.14. The first kappa shape index (κ1) is 16.5. The molecule has 5 atom stereocenters. The van der Waals surface area contributed by atoms with E-state index in [4.69, 9.17) is 4.74 Å². The summed E-state index contributed by atoms with van der Waals surface area (Å²) in [6.45, 7) is 4.10. The lowest BCUT2D eigenvalue weighted by molar-refractivity contribution is -0.144. The molecular formula is C21H21N3O3. The van der Waals surface area contributed by atoms with Crippen LogP contribution >= 0.6 is 0 Å². The molecule has 1 spiro atoms. The lowest BCUT2D eigenvalue weighted by Gasteiger charge is -2.32. The number of amides is 1. The molecule has 2 fully saturated rings. The first-order chi connectivity index (χ1) is 13.1. The monoisotopic (exact) mass is 363 g/mol. The summed E-state index contributed by atoms with van der Waals surface area (Å²) in [5.74, 6) is -0.402. The number of carbonyl (C=O) groups excluding carboxylic acids is 2. The van der Waals surface area contributed by atoms with Crippen LogP contribution in [0.2, 0.25) is 0 Å². The van der Waals surface area contributed by atoms with Crippen LogP contribution in [0.1, 0.15) is 31.1 Å². The van der Waals surface area contributed by atoms with Crippen LogP contribution in [0.5, 0.6) is 0 Å². The first-order valence-corrected chi connectivity index (χ1v) is 9.24. The molecule has 0 aromatic heterocycles. The van der Waals surface area contributed by atoms with Crippen molar-refractivity contribution >= 4 is 17.6 Å². The molecule has 2 aromatic rings. The Balaban J connectivity index is 1.67. The smallest absolute Gasteiger partial charge is 0.325 e. The van der Waals surface area contributed by atoms with Crippen molar-refractivity contribution < 1.29 is 14.3 Å². The van der Waals surface area contributed by atoms with Gasteiger partial charge in [0.1, 0.15) is 11.6 Å². The molecule has 138 valence electrons. The first-order valence-electron chi connectivity index (χ1n) is 9.24. The van der Waals surface area contributed by atoms with Gasteiger partial charge in [-0.1, -0.05) is 48.5 Å². The quantitative estimate of drug-likeness (QED) is 0.646. The molecule has 0 bridgehead atoms. The van der Waals surface area contributed by atoms with Gasteiger partial charge in [0.2, 0.25) is 0 Å². The van der Waals surface area contributed by atoms with E-state index in [2.05, 4.69) is 15.5 Å². The van der Waals surface area contributed by atoms with E-state index >= 15 is 0 Å². The number of ether oxygens (including phenoxy) is 1. The van der Waals surface area contributed by atoms with Gasteiger partial charge in [-0.2, -0.15) is 0 Å². The van der Waals surface area contributed by atoms with Gasteiger partial charge in [-0.3, -0.25) is 19.8 Å². The second kappa shape index (κ2) is 5.41. The maximum Gasteiger partial charge on any atom is 0.325 e. The number of nitrogens with zero attached hydrogens (tertiary/aromatic N) is 1. The second-order valence-electron chi connectivity index (χ2n) is 7.42. The summed E-state index contributed by atoms with van der Waals surface area (Å²) < 4.78 is 5.34. The third-order valence-electron chi connectivity index (χ3n) is 6.21. The maximum absolute atomic E-state index is 13.2. The van der Waals surface area contributed by atoms with Crippen molar-refractivity contribution in [1.29, 1.82) is 0 Å². The van der Waals surface area contributed by atoms with Gasteiger partial charge in [0.05, 0.1) is 18.3 Å². The number of anilines is 1. The average molecular weight is 363 g/mol. The molecule has 27 heavy (non-hydrogen) atoms. The Morgan fingerprint density at radius 2 is 1.85 bits per heavy atom. The number of nitrogens with one attached hydrogen (secondary N) is 2. The zero-order valence-electron chi connectivity index (χ0n) is 15.2. The molecule has 0 radical (unpaired) electrons. The van der Waals surface area contributed by atoms with Crippen LogP contribution in [-0.2, 0) is 19.9 Å². The number of rotatable bonds is 3. The van der Waals surface area contributed by atoms with E-state index in [1.165, 1.54) is 0 Å². The molecule has 3 aliphatic rings. The fourth-order valence-electron chi connectivity index (χ4n) is 5.00. The van der Waals surface area contributed by atoms with Gasteiger partial charge in [0.15, 0.2) is 0 Å². The molecule has 5 rings (SSSR count). The molecule has 3 heterocycles. The molecular weight excluding hydrogens is 342 g/mol. The predicted molar refractivity (Wildman–Crippen MR) is 99.7 cm³/mol. The molecule has 2 saturated heterocycles. The number of carbonyl (C=O) groups is 2. The van der Waals surface area contributed by atoms with Crippen LogP contribution in [0, 0.1) is 0 Å². The third kappa shape index (κ3) is 1.86. The van der Waals surface area contributed by atoms with Gasteiger partial charge >= 0.3 is 5.97 Å². The molecule has 1 unspecified atom stereocenters. The summed E-state index contributed by atoms with van der Waals surface area (Å²) in [6, 6.07) is 17.1. The van der Waals surface area contributed by atoms with Crippen LogP contribution in [-0.4, -0.2) is 35.0 Å². The minimum Gasteiger partial charge on any atom is -0.465 e. The molecule has 6 heteroatoms. The Morgan fingerprint density at radius 1 is 1.15 bits per heavy atom. The summed E-state index contributed by atoms with van der Waals surface area (Å²) in [7, 11) is 0. The molecule has 0 aliphatic carbocycles. The number of para-hydroxylation sites is 1. The summed E-state index contributed by atoms with van der Waals surface area (Å²) >= 11 is 0. The molecule has 0 saturated carbocycles. The molecule has 6 nitrogen and oxygen atoms in total. The van der Waals surface area contributed by atoms with Crippen molar-refractivity contribution in [3.05, 3.63) is 65.7 Å². The summed E-state index contributed by atoms with van der Waals surface area (Å²) in [4.78, 5) is 28.1. The SMILES string of the molecule is CCOC(=O)[C@H]1N2[C@H](c3ccccc3)N[C@@]3(C(=O)Nc4ccccc43)[C@]12C. The summed E-state index contributed by atoms with van der Waals surface area (Å²) in [5.41, 5.74) is 0.995. The van der Waals surface area contributed by atoms with Crippen LogP contribution in [0.3, 0.4) is 0 Å². The van der Waals surface area contributed by atoms with E-state index < -0.39 is 17.1 Å². The lowest BCUT2D eigenvalue weighted by atomic mass is 9.77. The Morgan fingerprint density at radius 3 is 2.59 bits per heavy atom. The number of esters is 1. The second-order valence-corrected chi connectivity index (χ2v) is 7.42. The van der Waals surface area contributed by atoms with Crippen molar-refractivity contribution in [3.63, 3.8) is 0 Å². The van der Waals surface area contributed by atoms with Crippen molar-refractivity contribution in [2.24, 2.45) is 0 Å². The molecule has 3 aliphatic heterocycles. The topological polar surface area (TPSA) is 70.4 Å². The van der Waals surface area contributed by atoms with Gasteiger partial charge in [-0.05, 0) is 25.5 Å². The highest BCUT2D eigenvalue weighted by atomic mass is 16.5. The van der Waals surface area contributed by atoms with Gasteiger partial charge < -0.3 is 10.1 Å². The summed E-state index contributed by atoms with van der Waals surface area (Å²) in [6.07, 6.45) is -0.248. The van der Waals surface area contributed by atoms with Crippen LogP contribution in [0.25, 0.3) is 0 Å². The Labute approximate surface area is 157 Å². The standard InChI is InChI=1S/C21H21N3O3/c1-3-27-18(25)16-20(2)21(14-11-7-8-12-15(14)22-19(21)26)23-17(24(16)20)13-9-5-4-6-10-13/h4-12,16-17,23H,3H2,1-2H3,(H,22,26)/t16-,17-,20+,21+,24?/m1/s1. The normalized spacial score (nSPS) is 35.5. The largest absolute Gasteiger partial charge is 0.465 e. The fourth-order valence-corrected chi connectivity index (χ4v) is 5.00. The van der Waals surface area contributed by atoms with Gasteiger partial charge in [-0.25, -0.2) is 0 Å². The highest BCUT2D eigenvalue weighted by Crippen LogP contribution is 2.65. The van der Waals surface area contributed by atoms with E-state index in [0.29, 0.717) is 6.61 Å². The summed E-state index contributed by atoms with van der Waals surface area (Å²) in [5, 5.41) is 6.56. The van der Waals surface area contributed by atoms with Gasteiger partial charge in [0.25, 0.3) is 5.91 Å². The number of hydrogen-bond acceptors (Lipinski definition) is 5. The Bertz CT molecular complexity index is 947. The van der Waals surface area contributed by atoms with E-state index in [9.17, 15) is 9.59 Å². The zero-order chi connectivity index (χ0) is 18.8. The minimum absolute atomic E-state index is 0.124. The van der Waals surface area contributed by atoms with Crippen molar-refractivity contribution in [1.82, 2.24) is 10.2 Å². The molecule has 2 N–H and O–H groups in total. The lowest BCUT2D eigenvalue weighted by Crippen LogP contribution is -2.56. The third-order valence-corrected chi connectivity index (χ3v) is 6.21. The molecule has 2 aromatic carbocycles. The minimum atomic E-state index is -0.998. The highest BCUT2D eigenvalue weighted by molar-refractivity contribution is 6.09. The van der Waals surface area contributed by atoms with Gasteiger partial charge in [-0.15, -0.1) is 0 Å². The van der Waals surface area contributed by atoms with Crippen LogP contribution in [0.15, 0.2) is 54.6 Å². The molecule has 1 amide bonds. The zero-order valence-corrected chi connectivity index (χ0v) is 15.2. The van der Waals surface area contributed by atoms with Crippen molar-refractivity contribution in [2.75, 3.05) is 11.9 Å². The van der Waals surface area contributed by atoms with E-state index in [0.717, 1.165) is 16.8 Å². The fraction of sp³-hybridized carbons (Fsp3) is 0.333. The Kier molecular flexibility index (Phi) is 3.30. The highest BCUT2D eigenvalue weighted by Gasteiger charge is 2.84. The number of benzene rings is 2. The van der Waals surface area contributed by atoms with E-state index in [1.54, 1.807) is 6.92 Å².